The van der Waals surface area contributed by atoms with Crippen LogP contribution < -0.4 is 4.74 Å². The molecule has 0 radical (unpaired) electrons. The molecule has 7 rings (SSSR count). The molecule has 2 fully saturated rings. The average Bonchev–Trinajstić information content (AvgIpc) is 3.26. The van der Waals surface area contributed by atoms with Gasteiger partial charge < -0.3 is 38.1 Å². The largest absolute Gasteiger partial charge is 0.462 e. The van der Waals surface area contributed by atoms with E-state index in [4.69, 9.17) is 33.2 Å². The molecule has 2 aliphatic rings. The van der Waals surface area contributed by atoms with E-state index in [0.29, 0.717) is 38.1 Å². The summed E-state index contributed by atoms with van der Waals surface area (Å²) in [5, 5.41) is 0. The highest BCUT2D eigenvalue weighted by Crippen LogP contribution is 2.46. The topological polar surface area (TPSA) is 67.9 Å². The van der Waals surface area contributed by atoms with Gasteiger partial charge in [0.1, 0.15) is 30.2 Å². The zero-order valence-corrected chi connectivity index (χ0v) is 34.2. The molecule has 3 unspecified atom stereocenters. The van der Waals surface area contributed by atoms with E-state index in [1.165, 1.54) is 6.42 Å². The van der Waals surface area contributed by atoms with E-state index in [-0.39, 0.29) is 6.61 Å². The molecular formula is C50H59NO7. The Morgan fingerprint density at radius 3 is 1.69 bits per heavy atom. The Labute approximate surface area is 345 Å². The lowest BCUT2D eigenvalue weighted by Crippen LogP contribution is -2.62. The predicted molar refractivity (Wildman–Crippen MR) is 226 cm³/mol. The normalized spacial score (nSPS) is 24.8. The molecule has 1 aliphatic carbocycles. The highest BCUT2D eigenvalue weighted by atomic mass is 16.7. The van der Waals surface area contributed by atoms with Crippen LogP contribution in [0.3, 0.4) is 0 Å². The third-order valence-corrected chi connectivity index (χ3v) is 11.4. The van der Waals surface area contributed by atoms with Crippen molar-refractivity contribution in [2.24, 2.45) is 5.92 Å². The minimum Gasteiger partial charge on any atom is -0.462 e. The van der Waals surface area contributed by atoms with Gasteiger partial charge in [-0.05, 0) is 66.9 Å². The Kier molecular flexibility index (Phi) is 15.2. The second-order valence-corrected chi connectivity index (χ2v) is 15.8. The van der Waals surface area contributed by atoms with Gasteiger partial charge in [-0.15, -0.1) is 0 Å². The van der Waals surface area contributed by atoms with E-state index in [1.807, 2.05) is 86.0 Å². The van der Waals surface area contributed by atoms with Crippen molar-refractivity contribution in [2.75, 3.05) is 34.4 Å². The molecule has 0 amide bonds. The van der Waals surface area contributed by atoms with Crippen molar-refractivity contribution in [3.63, 3.8) is 0 Å². The van der Waals surface area contributed by atoms with E-state index in [0.717, 1.165) is 53.6 Å². The summed E-state index contributed by atoms with van der Waals surface area (Å²) < 4.78 is 47.6. The molecule has 8 heteroatoms. The predicted octanol–water partition coefficient (Wildman–Crippen LogP) is 9.36. The zero-order chi connectivity index (χ0) is 40.0. The minimum absolute atomic E-state index is 0.254. The number of rotatable bonds is 19. The quantitative estimate of drug-likeness (QED) is 0.0821. The monoisotopic (exact) mass is 785 g/mol. The molecule has 8 nitrogen and oxygen atoms in total. The molecule has 0 N–H and O–H groups in total. The summed E-state index contributed by atoms with van der Waals surface area (Å²) in [6, 6.07) is 49.1. The summed E-state index contributed by atoms with van der Waals surface area (Å²) >= 11 is 0. The van der Waals surface area contributed by atoms with Crippen molar-refractivity contribution in [3.05, 3.63) is 173 Å². The Bertz CT molecular complexity index is 1910. The van der Waals surface area contributed by atoms with Crippen molar-refractivity contribution in [2.45, 2.75) is 88.4 Å². The van der Waals surface area contributed by atoms with Crippen molar-refractivity contribution in [3.8, 4) is 5.75 Å². The van der Waals surface area contributed by atoms with Gasteiger partial charge in [-0.1, -0.05) is 146 Å². The van der Waals surface area contributed by atoms with Crippen LogP contribution >= 0.6 is 0 Å². The third kappa shape index (κ3) is 11.0. The van der Waals surface area contributed by atoms with Gasteiger partial charge in [-0.2, -0.15) is 0 Å². The van der Waals surface area contributed by atoms with Crippen molar-refractivity contribution < 1.29 is 33.2 Å². The van der Waals surface area contributed by atoms with Crippen LogP contribution in [0.1, 0.15) is 53.5 Å². The molecule has 5 aromatic carbocycles. The molecule has 1 saturated carbocycles. The highest BCUT2D eigenvalue weighted by Gasteiger charge is 2.50. The SMILES string of the molecule is CO[C@]1(c2cccc(OC3OC(COCc4ccccc4)[C@H](OCc4ccccc4)[C@H](OCc4ccccc4)C3OCc3ccccc3)c2)CCCC[C@@H]1CN(C)C. The summed E-state index contributed by atoms with van der Waals surface area (Å²) in [5.74, 6) is 1.02. The lowest BCUT2D eigenvalue weighted by Gasteiger charge is -2.46. The van der Waals surface area contributed by atoms with Crippen molar-refractivity contribution in [1.82, 2.24) is 4.90 Å². The van der Waals surface area contributed by atoms with Gasteiger partial charge in [-0.3, -0.25) is 0 Å². The lowest BCUT2D eigenvalue weighted by molar-refractivity contribution is -0.310. The Morgan fingerprint density at radius 2 is 1.14 bits per heavy atom. The smallest absolute Gasteiger partial charge is 0.229 e. The van der Waals surface area contributed by atoms with Crippen LogP contribution in [-0.2, 0) is 60.4 Å². The molecule has 5 aromatic rings. The molecule has 0 bridgehead atoms. The molecule has 7 atom stereocenters. The van der Waals surface area contributed by atoms with Crippen molar-refractivity contribution in [1.29, 1.82) is 0 Å². The van der Waals surface area contributed by atoms with Crippen LogP contribution in [0.2, 0.25) is 0 Å². The molecule has 1 heterocycles. The van der Waals surface area contributed by atoms with Crippen molar-refractivity contribution >= 4 is 0 Å². The van der Waals surface area contributed by atoms with Crippen LogP contribution in [0.4, 0.5) is 0 Å². The number of nitrogens with zero attached hydrogens (tertiary/aromatic N) is 1. The van der Waals surface area contributed by atoms with Gasteiger partial charge in [0.2, 0.25) is 6.29 Å². The molecule has 0 aromatic heterocycles. The van der Waals surface area contributed by atoms with Crippen LogP contribution in [0.25, 0.3) is 0 Å². The van der Waals surface area contributed by atoms with Gasteiger partial charge in [0, 0.05) is 19.6 Å². The maximum Gasteiger partial charge on any atom is 0.229 e. The minimum atomic E-state index is -0.857. The van der Waals surface area contributed by atoms with Crippen LogP contribution in [0, 0.1) is 5.92 Å². The van der Waals surface area contributed by atoms with Crippen LogP contribution in [0.15, 0.2) is 146 Å². The van der Waals surface area contributed by atoms with E-state index in [1.54, 1.807) is 0 Å². The summed E-state index contributed by atoms with van der Waals surface area (Å²) in [4.78, 5) is 2.26. The number of benzene rings is 5. The van der Waals surface area contributed by atoms with E-state index >= 15 is 0 Å². The molecular weight excluding hydrogens is 727 g/mol. The van der Waals surface area contributed by atoms with E-state index in [2.05, 4.69) is 85.7 Å². The van der Waals surface area contributed by atoms with Gasteiger partial charge in [0.25, 0.3) is 0 Å². The van der Waals surface area contributed by atoms with Crippen LogP contribution in [-0.4, -0.2) is 70.0 Å². The maximum absolute atomic E-state index is 7.01. The second-order valence-electron chi connectivity index (χ2n) is 15.8. The fraction of sp³-hybridized carbons (Fsp3) is 0.400. The van der Waals surface area contributed by atoms with E-state index < -0.39 is 36.3 Å². The van der Waals surface area contributed by atoms with Gasteiger partial charge >= 0.3 is 0 Å². The highest BCUT2D eigenvalue weighted by molar-refractivity contribution is 5.34. The summed E-state index contributed by atoms with van der Waals surface area (Å²) in [6.45, 7) is 2.67. The fourth-order valence-corrected chi connectivity index (χ4v) is 8.47. The molecule has 306 valence electrons. The Balaban J connectivity index is 1.24. The fourth-order valence-electron chi connectivity index (χ4n) is 8.47. The average molecular weight is 786 g/mol. The first-order valence-corrected chi connectivity index (χ1v) is 20.7. The zero-order valence-electron chi connectivity index (χ0n) is 34.2. The summed E-state index contributed by atoms with van der Waals surface area (Å²) in [5.41, 5.74) is 4.89. The van der Waals surface area contributed by atoms with Gasteiger partial charge in [0.05, 0.1) is 38.6 Å². The number of ether oxygens (including phenoxy) is 7. The van der Waals surface area contributed by atoms with Gasteiger partial charge in [-0.25, -0.2) is 0 Å². The second kappa shape index (κ2) is 21.0. The molecule has 58 heavy (non-hydrogen) atoms. The third-order valence-electron chi connectivity index (χ3n) is 11.4. The molecule has 1 saturated heterocycles. The first kappa shape index (κ1) is 41.8. The maximum atomic E-state index is 7.01. The number of hydrogen-bond acceptors (Lipinski definition) is 8. The standard InChI is InChI=1S/C50H59NO7/c1-51(2)32-43-27-16-17-30-50(43,52-3)42-28-18-29-44(31-42)57-49-48(56-36-41-25-14-7-15-26-41)47(55-35-40-23-12-6-13-24-40)46(54-34-39-21-10-5-11-22-39)45(58-49)37-53-33-38-19-8-4-9-20-38/h4-15,18-26,28-29,31,43,45-49H,16-17,27,30,32-37H2,1-3H3/t43-,45?,46+,47+,48?,49?,50+/m1/s1. The molecule has 0 spiro atoms. The summed E-state index contributed by atoms with van der Waals surface area (Å²) in [7, 11) is 6.12. The number of hydrogen-bond donors (Lipinski definition) is 0. The van der Waals surface area contributed by atoms with Gasteiger partial charge in [0.15, 0.2) is 0 Å². The Hall–Kier alpha value is -4.38. The lowest BCUT2D eigenvalue weighted by atomic mass is 9.71. The number of methoxy groups -OCH3 is 1. The Morgan fingerprint density at radius 1 is 0.603 bits per heavy atom. The molecule has 1 aliphatic heterocycles. The summed E-state index contributed by atoms with van der Waals surface area (Å²) in [6.07, 6.45) is 1.13. The first-order chi connectivity index (χ1) is 28.5. The van der Waals surface area contributed by atoms with E-state index in [9.17, 15) is 0 Å². The van der Waals surface area contributed by atoms with Crippen LogP contribution in [0.5, 0.6) is 5.75 Å². The first-order valence-electron chi connectivity index (χ1n) is 20.7.